The predicted octanol–water partition coefficient (Wildman–Crippen LogP) is 14.8. The number of thiophene rings is 1. The highest BCUT2D eigenvalue weighted by atomic mass is 32.1. The fourth-order valence-electron chi connectivity index (χ4n) is 8.82. The molecule has 0 saturated carbocycles. The maximum Gasteiger partial charge on any atom is 0.164 e. The first-order valence-corrected chi connectivity index (χ1v) is 21.0. The summed E-state index contributed by atoms with van der Waals surface area (Å²) in [5, 5.41) is 7.39. The van der Waals surface area contributed by atoms with Gasteiger partial charge in [-0.1, -0.05) is 164 Å². The van der Waals surface area contributed by atoms with Crippen LogP contribution in [0.25, 0.3) is 115 Å². The Kier molecular flexibility index (Phi) is 8.00. The van der Waals surface area contributed by atoms with Gasteiger partial charge in [0.05, 0.1) is 16.7 Å². The maximum atomic E-state index is 5.29. The second-order valence-electron chi connectivity index (χ2n) is 15.2. The molecule has 5 heteroatoms. The summed E-state index contributed by atoms with van der Waals surface area (Å²) in [7, 11) is 0. The number of para-hydroxylation sites is 2. The Balaban J connectivity index is 1.07. The quantitative estimate of drug-likeness (QED) is 0.169. The first-order chi connectivity index (χ1) is 29.7. The average Bonchev–Trinajstić information content (AvgIpc) is 3.87. The molecule has 3 heterocycles. The molecule has 0 amide bonds. The third-order valence-electron chi connectivity index (χ3n) is 11.7. The molecule has 0 aliphatic carbocycles. The van der Waals surface area contributed by atoms with E-state index < -0.39 is 0 Å². The van der Waals surface area contributed by atoms with Crippen molar-refractivity contribution in [3.63, 3.8) is 0 Å². The minimum absolute atomic E-state index is 0.613. The van der Waals surface area contributed by atoms with Crippen molar-refractivity contribution in [2.24, 2.45) is 0 Å². The van der Waals surface area contributed by atoms with Crippen LogP contribution >= 0.6 is 11.3 Å². The second kappa shape index (κ2) is 14.0. The summed E-state index contributed by atoms with van der Waals surface area (Å²) in [5.74, 6) is 1.87. The lowest BCUT2D eigenvalue weighted by Crippen LogP contribution is -2.02. The number of benzene rings is 9. The van der Waals surface area contributed by atoms with E-state index in [1.165, 1.54) is 47.3 Å². The zero-order chi connectivity index (χ0) is 39.6. The van der Waals surface area contributed by atoms with Gasteiger partial charge in [-0.3, -0.25) is 0 Å². The van der Waals surface area contributed by atoms with Crippen molar-refractivity contribution in [2.45, 2.75) is 0 Å². The summed E-state index contributed by atoms with van der Waals surface area (Å²) in [6.45, 7) is 0. The molecule has 4 nitrogen and oxygen atoms in total. The Morgan fingerprint density at radius 3 is 1.63 bits per heavy atom. The van der Waals surface area contributed by atoms with E-state index in [2.05, 4.69) is 193 Å². The minimum Gasteiger partial charge on any atom is -0.309 e. The van der Waals surface area contributed by atoms with Crippen LogP contribution in [0.1, 0.15) is 0 Å². The molecule has 0 aliphatic rings. The van der Waals surface area contributed by atoms with Crippen molar-refractivity contribution in [1.29, 1.82) is 0 Å². The number of nitrogens with zero attached hydrogens (tertiary/aromatic N) is 4. The van der Waals surface area contributed by atoms with E-state index in [9.17, 15) is 0 Å². The van der Waals surface area contributed by atoms with Crippen LogP contribution < -0.4 is 0 Å². The van der Waals surface area contributed by atoms with Crippen molar-refractivity contribution >= 4 is 64.1 Å². The molecule has 0 spiro atoms. The van der Waals surface area contributed by atoms with Gasteiger partial charge < -0.3 is 4.57 Å². The Morgan fingerprint density at radius 2 is 0.850 bits per heavy atom. The maximum absolute atomic E-state index is 5.29. The van der Waals surface area contributed by atoms with Crippen LogP contribution in [0.4, 0.5) is 0 Å². The lowest BCUT2D eigenvalue weighted by atomic mass is 9.95. The van der Waals surface area contributed by atoms with E-state index in [1.807, 2.05) is 29.5 Å². The number of hydrogen-bond donors (Lipinski definition) is 0. The molecule has 0 aliphatic heterocycles. The fraction of sp³-hybridized carbons (Fsp3) is 0. The van der Waals surface area contributed by atoms with Gasteiger partial charge in [0, 0.05) is 53.2 Å². The molecule has 12 rings (SSSR count). The molecule has 0 bridgehead atoms. The Hall–Kier alpha value is -7.73. The second-order valence-corrected chi connectivity index (χ2v) is 16.3. The number of rotatable bonds is 6. The Labute approximate surface area is 350 Å². The summed E-state index contributed by atoms with van der Waals surface area (Å²) in [6, 6.07) is 73.4. The van der Waals surface area contributed by atoms with Gasteiger partial charge in [0.1, 0.15) is 0 Å². The van der Waals surface area contributed by atoms with Crippen LogP contribution in [-0.2, 0) is 0 Å². The summed E-state index contributed by atoms with van der Waals surface area (Å²) >= 11 is 1.84. The van der Waals surface area contributed by atoms with Crippen LogP contribution in [0.5, 0.6) is 0 Å². The van der Waals surface area contributed by atoms with Gasteiger partial charge in [-0.25, -0.2) is 15.0 Å². The van der Waals surface area contributed by atoms with Crippen LogP contribution in [0, 0.1) is 0 Å². The van der Waals surface area contributed by atoms with Gasteiger partial charge in [-0.15, -0.1) is 11.3 Å². The largest absolute Gasteiger partial charge is 0.309 e. The summed E-state index contributed by atoms with van der Waals surface area (Å²) in [5.41, 5.74) is 10.7. The molecule has 0 saturated heterocycles. The molecule has 0 unspecified atom stereocenters. The summed E-state index contributed by atoms with van der Waals surface area (Å²) in [6.07, 6.45) is 0. The summed E-state index contributed by atoms with van der Waals surface area (Å²) in [4.78, 5) is 15.6. The van der Waals surface area contributed by atoms with Gasteiger partial charge >= 0.3 is 0 Å². The zero-order valence-corrected chi connectivity index (χ0v) is 33.1. The van der Waals surface area contributed by atoms with Gasteiger partial charge in [0.25, 0.3) is 0 Å². The highest BCUT2D eigenvalue weighted by Gasteiger charge is 2.20. The SMILES string of the molecule is c1ccc(-c2nc(-c3cccc(-c4ccc5sc6ccccc6c5c4)c3)nc(-c3ccc(-c4cccc5ccccc45)c(-n4c5ccccc5c5ccccc54)c3)n2)cc1. The highest BCUT2D eigenvalue weighted by Crippen LogP contribution is 2.41. The van der Waals surface area contributed by atoms with E-state index in [1.54, 1.807) is 0 Å². The molecule has 0 atom stereocenters. The number of fused-ring (bicyclic) bond motifs is 7. The number of hydrogen-bond acceptors (Lipinski definition) is 4. The highest BCUT2D eigenvalue weighted by molar-refractivity contribution is 7.25. The zero-order valence-electron chi connectivity index (χ0n) is 32.3. The molecular weight excluding hydrogens is 749 g/mol. The average molecular weight is 783 g/mol. The monoisotopic (exact) mass is 782 g/mol. The van der Waals surface area contributed by atoms with Crippen molar-refractivity contribution in [2.75, 3.05) is 0 Å². The predicted molar refractivity (Wildman–Crippen MR) is 252 cm³/mol. The fourth-order valence-corrected chi connectivity index (χ4v) is 9.91. The first-order valence-electron chi connectivity index (χ1n) is 20.2. The Bertz CT molecular complexity index is 3560. The topological polar surface area (TPSA) is 43.6 Å². The molecule has 0 fully saturated rings. The van der Waals surface area contributed by atoms with Crippen molar-refractivity contribution < 1.29 is 0 Å². The minimum atomic E-state index is 0.613. The molecule has 12 aromatic rings. The molecule has 0 radical (unpaired) electrons. The molecule has 60 heavy (non-hydrogen) atoms. The van der Waals surface area contributed by atoms with E-state index in [0.717, 1.165) is 50.1 Å². The van der Waals surface area contributed by atoms with Crippen molar-refractivity contribution in [3.8, 4) is 62.1 Å². The molecular formula is C55H34N4S. The van der Waals surface area contributed by atoms with E-state index >= 15 is 0 Å². The smallest absolute Gasteiger partial charge is 0.164 e. The Morgan fingerprint density at radius 1 is 0.317 bits per heavy atom. The molecule has 280 valence electrons. The van der Waals surface area contributed by atoms with Crippen molar-refractivity contribution in [1.82, 2.24) is 19.5 Å². The summed E-state index contributed by atoms with van der Waals surface area (Å²) < 4.78 is 5.00. The first kappa shape index (κ1) is 34.3. The molecule has 3 aromatic heterocycles. The van der Waals surface area contributed by atoms with E-state index in [0.29, 0.717) is 17.5 Å². The van der Waals surface area contributed by atoms with Crippen molar-refractivity contribution in [3.05, 3.63) is 206 Å². The van der Waals surface area contributed by atoms with Crippen LogP contribution in [-0.4, -0.2) is 19.5 Å². The van der Waals surface area contributed by atoms with E-state index in [-0.39, 0.29) is 0 Å². The molecule has 0 N–H and O–H groups in total. The van der Waals surface area contributed by atoms with Gasteiger partial charge in [0.2, 0.25) is 0 Å². The van der Waals surface area contributed by atoms with E-state index in [4.69, 9.17) is 15.0 Å². The van der Waals surface area contributed by atoms with Crippen LogP contribution in [0.15, 0.2) is 206 Å². The third kappa shape index (κ3) is 5.70. The van der Waals surface area contributed by atoms with Gasteiger partial charge in [-0.05, 0) is 69.9 Å². The lowest BCUT2D eigenvalue weighted by Gasteiger charge is -2.17. The van der Waals surface area contributed by atoms with Crippen LogP contribution in [0.3, 0.4) is 0 Å². The number of aromatic nitrogens is 4. The van der Waals surface area contributed by atoms with Crippen LogP contribution in [0.2, 0.25) is 0 Å². The third-order valence-corrected chi connectivity index (χ3v) is 12.8. The van der Waals surface area contributed by atoms with Gasteiger partial charge in [0.15, 0.2) is 17.5 Å². The standard InChI is InChI=1S/C55H34N4S/c1-2-15-36(16-3-1)53-56-54(39-19-12-18-37(32-39)38-29-31-52-47(33-38)46-23-8-11-27-51(46)60-52)58-55(57-53)40-28-30-45(42-24-13-17-35-14-4-5-20-41(35)42)50(34-40)59-48-25-9-6-21-43(48)44-22-7-10-26-49(44)59/h1-34H. The molecule has 9 aromatic carbocycles. The lowest BCUT2D eigenvalue weighted by molar-refractivity contribution is 1.07. The normalized spacial score (nSPS) is 11.7. The van der Waals surface area contributed by atoms with Gasteiger partial charge in [-0.2, -0.15) is 0 Å².